The van der Waals surface area contributed by atoms with Gasteiger partial charge in [-0.05, 0) is 30.9 Å². The molecule has 2 heterocycles. The van der Waals surface area contributed by atoms with E-state index in [4.69, 9.17) is 4.74 Å². The monoisotopic (exact) mass is 249 g/mol. The Bertz CT molecular complexity index is 469. The molecule has 0 aromatic heterocycles. The number of hydrogen-bond donors (Lipinski definition) is 1. The minimum atomic E-state index is -0.360. The lowest BCUT2D eigenvalue weighted by molar-refractivity contribution is -0.118. The van der Waals surface area contributed by atoms with E-state index in [0.29, 0.717) is 12.1 Å². The first-order valence-corrected chi connectivity index (χ1v) is 6.45. The van der Waals surface area contributed by atoms with Crippen LogP contribution >= 0.6 is 0 Å². The highest BCUT2D eigenvalue weighted by atomic mass is 19.1. The molecule has 1 aromatic carbocycles. The number of fused-ring (bicyclic) bond motifs is 1. The quantitative estimate of drug-likeness (QED) is 0.831. The fraction of sp³-hybridized carbons (Fsp3) is 0.500. The molecular weight excluding hydrogens is 233 g/mol. The largest absolute Gasteiger partial charge is 0.378 e. The average molecular weight is 249 g/mol. The Kier molecular flexibility index (Phi) is 3.04. The van der Waals surface area contributed by atoms with E-state index in [0.717, 1.165) is 31.4 Å². The Hall–Kier alpha value is -1.42. The number of carbonyl (C=O) groups excluding carboxylic acids is 1. The number of hydrogen-bond acceptors (Lipinski definition) is 2. The average Bonchev–Trinajstić information content (AvgIpc) is 2.40. The molecule has 3 rings (SSSR count). The molecule has 1 aromatic rings. The second-order valence-electron chi connectivity index (χ2n) is 4.97. The van der Waals surface area contributed by atoms with Crippen molar-refractivity contribution in [3.63, 3.8) is 0 Å². The molecule has 0 aliphatic carbocycles. The van der Waals surface area contributed by atoms with Crippen LogP contribution in [0.5, 0.6) is 0 Å². The molecule has 96 valence electrons. The van der Waals surface area contributed by atoms with Crippen molar-refractivity contribution in [2.45, 2.75) is 37.7 Å². The van der Waals surface area contributed by atoms with Crippen LogP contribution in [-0.4, -0.2) is 18.6 Å². The van der Waals surface area contributed by atoms with Crippen LogP contribution in [0.15, 0.2) is 18.2 Å². The molecule has 2 unspecified atom stereocenters. The summed E-state index contributed by atoms with van der Waals surface area (Å²) >= 11 is 0. The van der Waals surface area contributed by atoms with Gasteiger partial charge >= 0.3 is 0 Å². The molecule has 18 heavy (non-hydrogen) atoms. The Morgan fingerprint density at radius 2 is 2.22 bits per heavy atom. The highest BCUT2D eigenvalue weighted by molar-refractivity contribution is 5.95. The standard InChI is InChI=1S/C14H16FNO2/c15-11-5-3-4-9-10(8-13(17)16-14(9)11)12-6-1-2-7-18-12/h3-5,10,12H,1-2,6-8H2,(H,16,17). The van der Waals surface area contributed by atoms with Crippen LogP contribution in [0.3, 0.4) is 0 Å². The molecule has 1 amide bonds. The fourth-order valence-electron chi connectivity index (χ4n) is 2.90. The van der Waals surface area contributed by atoms with Crippen molar-refractivity contribution in [2.75, 3.05) is 11.9 Å². The molecule has 1 saturated heterocycles. The third-order valence-electron chi connectivity index (χ3n) is 3.78. The lowest BCUT2D eigenvalue weighted by atomic mass is 9.83. The number of amides is 1. The second-order valence-corrected chi connectivity index (χ2v) is 4.97. The van der Waals surface area contributed by atoms with Crippen molar-refractivity contribution in [3.05, 3.63) is 29.6 Å². The lowest BCUT2D eigenvalue weighted by Crippen LogP contribution is -2.33. The van der Waals surface area contributed by atoms with Gasteiger partial charge in [-0.2, -0.15) is 0 Å². The van der Waals surface area contributed by atoms with Crippen molar-refractivity contribution in [2.24, 2.45) is 0 Å². The molecule has 3 nitrogen and oxygen atoms in total. The molecule has 2 aliphatic heterocycles. The third-order valence-corrected chi connectivity index (χ3v) is 3.78. The zero-order chi connectivity index (χ0) is 12.5. The molecule has 2 atom stereocenters. The number of halogens is 1. The zero-order valence-electron chi connectivity index (χ0n) is 10.1. The summed E-state index contributed by atoms with van der Waals surface area (Å²) < 4.78 is 19.5. The van der Waals surface area contributed by atoms with Crippen molar-refractivity contribution < 1.29 is 13.9 Å². The summed E-state index contributed by atoms with van der Waals surface area (Å²) in [6.07, 6.45) is 3.58. The van der Waals surface area contributed by atoms with Crippen molar-refractivity contribution in [1.29, 1.82) is 0 Å². The maximum atomic E-state index is 13.7. The summed E-state index contributed by atoms with van der Waals surface area (Å²) in [6, 6.07) is 4.96. The van der Waals surface area contributed by atoms with E-state index in [1.807, 2.05) is 6.07 Å². The van der Waals surface area contributed by atoms with Crippen molar-refractivity contribution >= 4 is 11.6 Å². The topological polar surface area (TPSA) is 38.3 Å². The van der Waals surface area contributed by atoms with Gasteiger partial charge in [0.05, 0.1) is 11.8 Å². The summed E-state index contributed by atoms with van der Waals surface area (Å²) in [5.74, 6) is -0.488. The minimum absolute atomic E-state index is 0.00949. The number of para-hydroxylation sites is 1. The summed E-state index contributed by atoms with van der Waals surface area (Å²) in [4.78, 5) is 11.7. The van der Waals surface area contributed by atoms with E-state index < -0.39 is 0 Å². The van der Waals surface area contributed by atoms with Crippen LogP contribution in [0.1, 0.15) is 37.2 Å². The van der Waals surface area contributed by atoms with Gasteiger partial charge in [0.25, 0.3) is 0 Å². The first-order valence-electron chi connectivity index (χ1n) is 6.45. The van der Waals surface area contributed by atoms with Gasteiger partial charge in [-0.3, -0.25) is 4.79 Å². The maximum absolute atomic E-state index is 13.7. The predicted molar refractivity (Wildman–Crippen MR) is 66.0 cm³/mol. The van der Waals surface area contributed by atoms with Crippen LogP contribution in [0.25, 0.3) is 0 Å². The number of rotatable bonds is 1. The van der Waals surface area contributed by atoms with E-state index in [1.54, 1.807) is 6.07 Å². The maximum Gasteiger partial charge on any atom is 0.225 e. The van der Waals surface area contributed by atoms with E-state index in [-0.39, 0.29) is 23.7 Å². The minimum Gasteiger partial charge on any atom is -0.378 e. The number of carbonyl (C=O) groups is 1. The predicted octanol–water partition coefficient (Wildman–Crippen LogP) is 2.82. The SMILES string of the molecule is O=C1CC(C2CCCCO2)c2cccc(F)c2N1. The highest BCUT2D eigenvalue weighted by Gasteiger charge is 2.34. The van der Waals surface area contributed by atoms with Crippen LogP contribution in [0.2, 0.25) is 0 Å². The molecule has 2 aliphatic rings. The van der Waals surface area contributed by atoms with E-state index in [1.165, 1.54) is 6.07 Å². The second kappa shape index (κ2) is 4.69. The summed E-state index contributed by atoms with van der Waals surface area (Å²) in [5, 5.41) is 2.63. The number of ether oxygens (including phenoxy) is 1. The van der Waals surface area contributed by atoms with E-state index >= 15 is 0 Å². The van der Waals surface area contributed by atoms with Gasteiger partial charge in [0.1, 0.15) is 5.82 Å². The normalized spacial score (nSPS) is 27.5. The zero-order valence-corrected chi connectivity index (χ0v) is 10.1. The highest BCUT2D eigenvalue weighted by Crippen LogP contribution is 2.39. The summed E-state index contributed by atoms with van der Waals surface area (Å²) in [6.45, 7) is 0.743. The van der Waals surface area contributed by atoms with E-state index in [9.17, 15) is 9.18 Å². The fourth-order valence-corrected chi connectivity index (χ4v) is 2.90. The smallest absolute Gasteiger partial charge is 0.225 e. The van der Waals surface area contributed by atoms with E-state index in [2.05, 4.69) is 5.32 Å². The first kappa shape index (κ1) is 11.7. The molecule has 1 fully saturated rings. The van der Waals surface area contributed by atoms with Crippen LogP contribution in [0.4, 0.5) is 10.1 Å². The van der Waals surface area contributed by atoms with Crippen LogP contribution in [0, 0.1) is 5.82 Å². The van der Waals surface area contributed by atoms with Crippen molar-refractivity contribution in [1.82, 2.24) is 0 Å². The number of anilines is 1. The molecule has 0 spiro atoms. The van der Waals surface area contributed by atoms with Crippen LogP contribution < -0.4 is 5.32 Å². The van der Waals surface area contributed by atoms with Gasteiger partial charge < -0.3 is 10.1 Å². The molecule has 0 saturated carbocycles. The molecule has 4 heteroatoms. The van der Waals surface area contributed by atoms with Crippen LogP contribution in [-0.2, 0) is 9.53 Å². The molecule has 1 N–H and O–H groups in total. The van der Waals surface area contributed by atoms with Crippen molar-refractivity contribution in [3.8, 4) is 0 Å². The lowest BCUT2D eigenvalue weighted by Gasteiger charge is -2.34. The number of benzene rings is 1. The van der Waals surface area contributed by atoms with Gasteiger partial charge in [-0.15, -0.1) is 0 Å². The van der Waals surface area contributed by atoms with Gasteiger partial charge in [-0.1, -0.05) is 12.1 Å². The molecular formula is C14H16FNO2. The van der Waals surface area contributed by atoms with Gasteiger partial charge in [-0.25, -0.2) is 4.39 Å². The summed E-state index contributed by atoms with van der Waals surface area (Å²) in [5.41, 5.74) is 1.22. The molecule has 0 bridgehead atoms. The summed E-state index contributed by atoms with van der Waals surface area (Å²) in [7, 11) is 0. The Balaban J connectivity index is 1.96. The van der Waals surface area contributed by atoms with Gasteiger partial charge in [0.2, 0.25) is 5.91 Å². The first-order chi connectivity index (χ1) is 8.75. The Labute approximate surface area is 105 Å². The molecule has 0 radical (unpaired) electrons. The Morgan fingerprint density at radius 1 is 1.33 bits per heavy atom. The Morgan fingerprint density at radius 3 is 3.00 bits per heavy atom. The number of nitrogens with one attached hydrogen (secondary N) is 1. The van der Waals surface area contributed by atoms with Gasteiger partial charge in [0.15, 0.2) is 0 Å². The third kappa shape index (κ3) is 2.01. The van der Waals surface area contributed by atoms with Gasteiger partial charge in [0, 0.05) is 18.9 Å².